The molecule has 0 spiro atoms. The Bertz CT molecular complexity index is 377. The van der Waals surface area contributed by atoms with Gasteiger partial charge in [-0.3, -0.25) is 0 Å². The fraction of sp³-hybridized carbons (Fsp3) is 0.462. The fourth-order valence-electron chi connectivity index (χ4n) is 1.61. The minimum Gasteiger partial charge on any atom is -0.478 e. The quantitative estimate of drug-likeness (QED) is 0.715. The second kappa shape index (κ2) is 6.91. The van der Waals surface area contributed by atoms with Crippen molar-refractivity contribution in [3.05, 3.63) is 29.3 Å². The molecule has 1 aromatic carbocycles. The SMILES string of the molecule is CCOCCCNc1c(C)cccc1C(=O)O. The maximum Gasteiger partial charge on any atom is 0.337 e. The maximum absolute atomic E-state index is 11.0. The predicted molar refractivity (Wildman–Crippen MR) is 67.7 cm³/mol. The van der Waals surface area contributed by atoms with Crippen LogP contribution >= 0.6 is 0 Å². The third-order valence-electron chi connectivity index (χ3n) is 2.47. The number of carboxylic acids is 1. The summed E-state index contributed by atoms with van der Waals surface area (Å²) in [6.07, 6.45) is 0.862. The van der Waals surface area contributed by atoms with E-state index in [0.717, 1.165) is 12.0 Å². The number of carbonyl (C=O) groups is 1. The molecule has 0 radical (unpaired) electrons. The lowest BCUT2D eigenvalue weighted by atomic mass is 10.1. The summed E-state index contributed by atoms with van der Waals surface area (Å²) in [5, 5.41) is 12.2. The van der Waals surface area contributed by atoms with Crippen molar-refractivity contribution in [3.8, 4) is 0 Å². The van der Waals surface area contributed by atoms with Crippen LogP contribution in [0.2, 0.25) is 0 Å². The molecule has 0 fully saturated rings. The first-order valence-electron chi connectivity index (χ1n) is 5.81. The molecule has 0 bridgehead atoms. The van der Waals surface area contributed by atoms with E-state index < -0.39 is 5.97 Å². The summed E-state index contributed by atoms with van der Waals surface area (Å²) < 4.78 is 5.22. The number of aromatic carboxylic acids is 1. The molecule has 94 valence electrons. The summed E-state index contributed by atoms with van der Waals surface area (Å²) >= 11 is 0. The number of benzene rings is 1. The number of nitrogens with one attached hydrogen (secondary N) is 1. The zero-order valence-electron chi connectivity index (χ0n) is 10.3. The number of anilines is 1. The average Bonchev–Trinajstić information content (AvgIpc) is 2.30. The van der Waals surface area contributed by atoms with Crippen LogP contribution in [0.4, 0.5) is 5.69 Å². The van der Waals surface area contributed by atoms with Crippen molar-refractivity contribution in [2.75, 3.05) is 25.1 Å². The number of ether oxygens (including phenoxy) is 1. The molecule has 0 atom stereocenters. The molecular formula is C13H19NO3. The van der Waals surface area contributed by atoms with E-state index in [2.05, 4.69) is 5.32 Å². The smallest absolute Gasteiger partial charge is 0.337 e. The first-order chi connectivity index (χ1) is 8.16. The van der Waals surface area contributed by atoms with Crippen LogP contribution in [0.3, 0.4) is 0 Å². The lowest BCUT2D eigenvalue weighted by molar-refractivity contribution is 0.0698. The first-order valence-corrected chi connectivity index (χ1v) is 5.81. The fourth-order valence-corrected chi connectivity index (χ4v) is 1.61. The lowest BCUT2D eigenvalue weighted by Gasteiger charge is -2.12. The molecule has 17 heavy (non-hydrogen) atoms. The summed E-state index contributed by atoms with van der Waals surface area (Å²) in [7, 11) is 0. The Morgan fingerprint density at radius 2 is 2.24 bits per heavy atom. The second-order valence-corrected chi connectivity index (χ2v) is 3.78. The Morgan fingerprint density at radius 3 is 2.88 bits per heavy atom. The molecule has 0 aliphatic rings. The first kappa shape index (κ1) is 13.5. The van der Waals surface area contributed by atoms with Gasteiger partial charge >= 0.3 is 5.97 Å². The average molecular weight is 237 g/mol. The zero-order chi connectivity index (χ0) is 12.7. The van der Waals surface area contributed by atoms with Crippen molar-refractivity contribution >= 4 is 11.7 Å². The van der Waals surface area contributed by atoms with Gasteiger partial charge in [-0.25, -0.2) is 4.79 Å². The number of aryl methyl sites for hydroxylation is 1. The van der Waals surface area contributed by atoms with Gasteiger partial charge in [-0.05, 0) is 31.9 Å². The summed E-state index contributed by atoms with van der Waals surface area (Å²) in [6, 6.07) is 5.27. The molecule has 0 heterocycles. The van der Waals surface area contributed by atoms with E-state index in [9.17, 15) is 4.79 Å². The molecule has 1 aromatic rings. The van der Waals surface area contributed by atoms with Crippen molar-refractivity contribution in [1.82, 2.24) is 0 Å². The molecule has 4 nitrogen and oxygen atoms in total. The standard InChI is InChI=1S/C13H19NO3/c1-3-17-9-5-8-14-12-10(2)6-4-7-11(12)13(15)16/h4,6-7,14H,3,5,8-9H2,1-2H3,(H,15,16). The Hall–Kier alpha value is -1.55. The maximum atomic E-state index is 11.0. The molecule has 0 aromatic heterocycles. The summed E-state index contributed by atoms with van der Waals surface area (Å²) in [6.45, 7) is 5.97. The van der Waals surface area contributed by atoms with Gasteiger partial charge in [-0.2, -0.15) is 0 Å². The van der Waals surface area contributed by atoms with Crippen LogP contribution in [0.5, 0.6) is 0 Å². The van der Waals surface area contributed by atoms with Gasteiger partial charge < -0.3 is 15.2 Å². The van der Waals surface area contributed by atoms with Crippen LogP contribution in [0.25, 0.3) is 0 Å². The summed E-state index contributed by atoms with van der Waals surface area (Å²) in [5.74, 6) is -0.902. The molecule has 4 heteroatoms. The highest BCUT2D eigenvalue weighted by atomic mass is 16.5. The molecule has 0 amide bonds. The Labute approximate surface area is 102 Å². The minimum absolute atomic E-state index is 0.321. The second-order valence-electron chi connectivity index (χ2n) is 3.78. The summed E-state index contributed by atoms with van der Waals surface area (Å²) in [5.41, 5.74) is 1.97. The van der Waals surface area contributed by atoms with Crippen LogP contribution in [0.15, 0.2) is 18.2 Å². The van der Waals surface area contributed by atoms with Crippen molar-refractivity contribution < 1.29 is 14.6 Å². The predicted octanol–water partition coefficient (Wildman–Crippen LogP) is 2.53. The van der Waals surface area contributed by atoms with Crippen LogP contribution in [0.1, 0.15) is 29.3 Å². The normalized spacial score (nSPS) is 10.2. The van der Waals surface area contributed by atoms with Gasteiger partial charge in [-0.15, -0.1) is 0 Å². The van der Waals surface area contributed by atoms with E-state index in [1.807, 2.05) is 19.9 Å². The minimum atomic E-state index is -0.902. The molecule has 1 rings (SSSR count). The Morgan fingerprint density at radius 1 is 1.47 bits per heavy atom. The Kier molecular flexibility index (Phi) is 5.49. The number of hydrogen-bond donors (Lipinski definition) is 2. The van der Waals surface area contributed by atoms with Gasteiger partial charge in [0.15, 0.2) is 0 Å². The number of hydrogen-bond acceptors (Lipinski definition) is 3. The van der Waals surface area contributed by atoms with Crippen LogP contribution in [-0.4, -0.2) is 30.8 Å². The highest BCUT2D eigenvalue weighted by Crippen LogP contribution is 2.20. The van der Waals surface area contributed by atoms with Crippen LogP contribution in [-0.2, 0) is 4.74 Å². The van der Waals surface area contributed by atoms with Gasteiger partial charge in [0.25, 0.3) is 0 Å². The highest BCUT2D eigenvalue weighted by molar-refractivity contribution is 5.95. The van der Waals surface area contributed by atoms with Crippen molar-refractivity contribution in [2.45, 2.75) is 20.3 Å². The topological polar surface area (TPSA) is 58.6 Å². The number of para-hydroxylation sites is 1. The van der Waals surface area contributed by atoms with E-state index in [0.29, 0.717) is 31.0 Å². The molecule has 0 aliphatic carbocycles. The third kappa shape index (κ3) is 4.07. The van der Waals surface area contributed by atoms with Gasteiger partial charge in [0.05, 0.1) is 11.3 Å². The van der Waals surface area contributed by atoms with E-state index in [4.69, 9.17) is 9.84 Å². The number of carboxylic acid groups (broad SMARTS) is 1. The largest absolute Gasteiger partial charge is 0.478 e. The van der Waals surface area contributed by atoms with E-state index in [-0.39, 0.29) is 0 Å². The monoisotopic (exact) mass is 237 g/mol. The van der Waals surface area contributed by atoms with Crippen molar-refractivity contribution in [3.63, 3.8) is 0 Å². The molecule has 0 saturated heterocycles. The third-order valence-corrected chi connectivity index (χ3v) is 2.47. The van der Waals surface area contributed by atoms with Gasteiger partial charge in [0.2, 0.25) is 0 Å². The van der Waals surface area contributed by atoms with Gasteiger partial charge in [-0.1, -0.05) is 12.1 Å². The lowest BCUT2D eigenvalue weighted by Crippen LogP contribution is -2.11. The van der Waals surface area contributed by atoms with Crippen molar-refractivity contribution in [1.29, 1.82) is 0 Å². The molecule has 2 N–H and O–H groups in total. The molecular weight excluding hydrogens is 218 g/mol. The van der Waals surface area contributed by atoms with E-state index >= 15 is 0 Å². The zero-order valence-corrected chi connectivity index (χ0v) is 10.3. The van der Waals surface area contributed by atoms with E-state index in [1.54, 1.807) is 12.1 Å². The number of rotatable bonds is 7. The molecule has 0 aliphatic heterocycles. The highest BCUT2D eigenvalue weighted by Gasteiger charge is 2.10. The van der Waals surface area contributed by atoms with Crippen LogP contribution in [0, 0.1) is 6.92 Å². The van der Waals surface area contributed by atoms with Gasteiger partial charge in [0, 0.05) is 19.8 Å². The Balaban J connectivity index is 2.60. The molecule has 0 unspecified atom stereocenters. The van der Waals surface area contributed by atoms with E-state index in [1.165, 1.54) is 0 Å². The summed E-state index contributed by atoms with van der Waals surface area (Å²) in [4.78, 5) is 11.0. The molecule has 0 saturated carbocycles. The van der Waals surface area contributed by atoms with Crippen LogP contribution < -0.4 is 5.32 Å². The van der Waals surface area contributed by atoms with Crippen molar-refractivity contribution in [2.24, 2.45) is 0 Å². The van der Waals surface area contributed by atoms with Gasteiger partial charge in [0.1, 0.15) is 0 Å².